The fourth-order valence-corrected chi connectivity index (χ4v) is 2.99. The van der Waals surface area contributed by atoms with Gasteiger partial charge in [0.05, 0.1) is 35.4 Å². The highest BCUT2D eigenvalue weighted by atomic mass is 19.1. The van der Waals surface area contributed by atoms with E-state index in [-0.39, 0.29) is 11.7 Å². The van der Waals surface area contributed by atoms with Crippen molar-refractivity contribution in [3.8, 4) is 5.69 Å². The number of hydrogen-bond acceptors (Lipinski definition) is 3. The summed E-state index contributed by atoms with van der Waals surface area (Å²) < 4.78 is 20.6. The van der Waals surface area contributed by atoms with E-state index < -0.39 is 0 Å². The third-order valence-electron chi connectivity index (χ3n) is 4.16. The predicted molar refractivity (Wildman–Crippen MR) is 96.8 cm³/mol. The second kappa shape index (κ2) is 7.99. The molecule has 0 spiro atoms. The van der Waals surface area contributed by atoms with Gasteiger partial charge >= 0.3 is 0 Å². The van der Waals surface area contributed by atoms with Gasteiger partial charge in [-0.2, -0.15) is 5.10 Å². The van der Waals surface area contributed by atoms with Gasteiger partial charge in [-0.1, -0.05) is 26.3 Å². The molecule has 1 N–H and O–H groups in total. The van der Waals surface area contributed by atoms with Crippen molar-refractivity contribution in [1.29, 1.82) is 0 Å². The third-order valence-corrected chi connectivity index (χ3v) is 4.16. The van der Waals surface area contributed by atoms with Crippen molar-refractivity contribution >= 4 is 5.91 Å². The van der Waals surface area contributed by atoms with Crippen LogP contribution in [-0.2, 0) is 19.4 Å². The van der Waals surface area contributed by atoms with E-state index in [0.29, 0.717) is 36.4 Å². The Bertz CT molecular complexity index is 885. The zero-order valence-corrected chi connectivity index (χ0v) is 15.0. The van der Waals surface area contributed by atoms with Gasteiger partial charge in [-0.3, -0.25) is 4.79 Å². The van der Waals surface area contributed by atoms with Gasteiger partial charge < -0.3 is 9.73 Å². The molecular weight excluding hydrogens is 333 g/mol. The van der Waals surface area contributed by atoms with Crippen molar-refractivity contribution in [2.45, 2.75) is 39.7 Å². The summed E-state index contributed by atoms with van der Waals surface area (Å²) in [6.45, 7) is 4.31. The number of nitrogens with zero attached hydrogens (tertiary/aromatic N) is 2. The summed E-state index contributed by atoms with van der Waals surface area (Å²) >= 11 is 0. The van der Waals surface area contributed by atoms with Crippen molar-refractivity contribution in [2.75, 3.05) is 0 Å². The molecule has 0 atom stereocenters. The van der Waals surface area contributed by atoms with Gasteiger partial charge in [0.1, 0.15) is 11.6 Å². The number of benzene rings is 1. The Morgan fingerprint density at radius 3 is 2.77 bits per heavy atom. The second-order valence-corrected chi connectivity index (χ2v) is 6.03. The summed E-state index contributed by atoms with van der Waals surface area (Å²) in [7, 11) is 0. The number of amides is 1. The molecule has 3 rings (SSSR count). The van der Waals surface area contributed by atoms with Crippen LogP contribution in [-0.4, -0.2) is 15.7 Å². The monoisotopic (exact) mass is 355 g/mol. The highest BCUT2D eigenvalue weighted by Crippen LogP contribution is 2.22. The molecule has 0 bridgehead atoms. The maximum Gasteiger partial charge on any atom is 0.255 e. The fraction of sp³-hybridized carbons (Fsp3) is 0.300. The maximum absolute atomic E-state index is 13.6. The Morgan fingerprint density at radius 2 is 2.12 bits per heavy atom. The fourth-order valence-electron chi connectivity index (χ4n) is 2.99. The van der Waals surface area contributed by atoms with E-state index >= 15 is 0 Å². The summed E-state index contributed by atoms with van der Waals surface area (Å²) in [5.74, 6) is 0.163. The number of carbonyl (C=O) groups excluding carboxylic acids is 1. The van der Waals surface area contributed by atoms with Crippen LogP contribution in [0, 0.1) is 5.82 Å². The van der Waals surface area contributed by atoms with E-state index in [1.807, 2.05) is 19.9 Å². The normalized spacial score (nSPS) is 10.9. The molecule has 6 heteroatoms. The lowest BCUT2D eigenvalue weighted by Crippen LogP contribution is -2.24. The Morgan fingerprint density at radius 1 is 1.27 bits per heavy atom. The molecule has 26 heavy (non-hydrogen) atoms. The molecule has 3 aromatic rings. The number of nitrogens with one attached hydrogen (secondary N) is 1. The number of hydrogen-bond donors (Lipinski definition) is 1. The molecule has 0 saturated carbocycles. The van der Waals surface area contributed by atoms with Crippen LogP contribution in [0.3, 0.4) is 0 Å². The number of furan rings is 1. The number of carbonyl (C=O) groups is 1. The Kier molecular flexibility index (Phi) is 5.51. The van der Waals surface area contributed by atoms with Crippen LogP contribution < -0.4 is 5.32 Å². The zero-order valence-electron chi connectivity index (χ0n) is 15.0. The van der Waals surface area contributed by atoms with Gasteiger partial charge in [0, 0.05) is 0 Å². The Labute approximate surface area is 151 Å². The molecule has 0 unspecified atom stereocenters. The molecule has 0 fully saturated rings. The number of rotatable bonds is 7. The first-order chi connectivity index (χ1) is 12.6. The maximum atomic E-state index is 13.6. The van der Waals surface area contributed by atoms with Crippen molar-refractivity contribution in [3.05, 3.63) is 71.2 Å². The van der Waals surface area contributed by atoms with Gasteiger partial charge in [0.25, 0.3) is 5.91 Å². The molecule has 0 saturated heterocycles. The molecule has 0 aliphatic heterocycles. The van der Waals surface area contributed by atoms with E-state index in [1.54, 1.807) is 29.1 Å². The molecule has 5 nitrogen and oxygen atoms in total. The molecule has 0 radical (unpaired) electrons. The van der Waals surface area contributed by atoms with Gasteiger partial charge in [-0.25, -0.2) is 9.07 Å². The summed E-state index contributed by atoms with van der Waals surface area (Å²) in [4.78, 5) is 12.8. The highest BCUT2D eigenvalue weighted by molar-refractivity contribution is 5.96. The van der Waals surface area contributed by atoms with E-state index in [9.17, 15) is 9.18 Å². The van der Waals surface area contributed by atoms with Gasteiger partial charge in [-0.15, -0.1) is 0 Å². The molecular formula is C20H22FN3O2. The number of halogens is 1. The van der Waals surface area contributed by atoms with Crippen LogP contribution in [0.4, 0.5) is 4.39 Å². The Hall–Kier alpha value is -2.89. The first-order valence-electron chi connectivity index (χ1n) is 8.81. The Balaban J connectivity index is 1.98. The lowest BCUT2D eigenvalue weighted by atomic mass is 10.1. The second-order valence-electron chi connectivity index (χ2n) is 6.03. The summed E-state index contributed by atoms with van der Waals surface area (Å²) in [6, 6.07) is 9.83. The van der Waals surface area contributed by atoms with Crippen molar-refractivity contribution < 1.29 is 13.6 Å². The minimum absolute atomic E-state index is 0.190. The number of aryl methyl sites for hydroxylation is 1. The largest absolute Gasteiger partial charge is 0.467 e. The highest BCUT2D eigenvalue weighted by Gasteiger charge is 2.23. The first kappa shape index (κ1) is 17.9. The summed E-state index contributed by atoms with van der Waals surface area (Å²) in [6.07, 6.45) is 3.72. The number of aromatic nitrogens is 2. The first-order valence-corrected chi connectivity index (χ1v) is 8.81. The third kappa shape index (κ3) is 3.69. The standard InChI is InChI=1S/C20H22FN3O2/c1-3-7-17-19(20(25)22-13-16-10-6-11-26-16)18(4-2)24(23-17)15-9-5-8-14(21)12-15/h5-6,8-12H,3-4,7,13H2,1-2H3,(H,22,25). The lowest BCUT2D eigenvalue weighted by Gasteiger charge is -2.08. The summed E-state index contributed by atoms with van der Waals surface area (Å²) in [5.41, 5.74) is 2.69. The van der Waals surface area contributed by atoms with E-state index in [1.165, 1.54) is 12.1 Å². The molecule has 2 heterocycles. The van der Waals surface area contributed by atoms with Crippen molar-refractivity contribution in [2.24, 2.45) is 0 Å². The molecule has 1 amide bonds. The van der Waals surface area contributed by atoms with Crippen LogP contribution >= 0.6 is 0 Å². The van der Waals surface area contributed by atoms with E-state index in [2.05, 4.69) is 10.4 Å². The quantitative estimate of drug-likeness (QED) is 0.695. The minimum Gasteiger partial charge on any atom is -0.467 e. The van der Waals surface area contributed by atoms with Crippen LogP contribution in [0.1, 0.15) is 47.8 Å². The van der Waals surface area contributed by atoms with Crippen LogP contribution in [0.5, 0.6) is 0 Å². The lowest BCUT2D eigenvalue weighted by molar-refractivity contribution is 0.0946. The average molecular weight is 355 g/mol. The molecule has 0 aliphatic carbocycles. The average Bonchev–Trinajstić information content (AvgIpc) is 3.27. The SMILES string of the molecule is CCCc1nn(-c2cccc(F)c2)c(CC)c1C(=O)NCc1ccco1. The predicted octanol–water partition coefficient (Wildman–Crippen LogP) is 4.05. The van der Waals surface area contributed by atoms with E-state index in [4.69, 9.17) is 4.42 Å². The topological polar surface area (TPSA) is 60.1 Å². The van der Waals surface area contributed by atoms with Crippen LogP contribution in [0.25, 0.3) is 5.69 Å². The summed E-state index contributed by atoms with van der Waals surface area (Å²) in [5, 5.41) is 7.50. The van der Waals surface area contributed by atoms with Crippen molar-refractivity contribution in [1.82, 2.24) is 15.1 Å². The molecule has 136 valence electrons. The zero-order chi connectivity index (χ0) is 18.5. The molecule has 0 aliphatic rings. The molecule has 2 aromatic heterocycles. The molecule has 1 aromatic carbocycles. The smallest absolute Gasteiger partial charge is 0.255 e. The van der Waals surface area contributed by atoms with Crippen LogP contribution in [0.15, 0.2) is 47.1 Å². The van der Waals surface area contributed by atoms with Gasteiger partial charge in [-0.05, 0) is 43.2 Å². The van der Waals surface area contributed by atoms with Gasteiger partial charge in [0.2, 0.25) is 0 Å². The minimum atomic E-state index is -0.332. The van der Waals surface area contributed by atoms with Gasteiger partial charge in [0.15, 0.2) is 0 Å². The van der Waals surface area contributed by atoms with Crippen molar-refractivity contribution in [3.63, 3.8) is 0 Å². The van der Waals surface area contributed by atoms with Crippen LogP contribution in [0.2, 0.25) is 0 Å². The van der Waals surface area contributed by atoms with E-state index in [0.717, 1.165) is 17.8 Å².